The number of hydrogen-bond donors (Lipinski definition) is 0. The summed E-state index contributed by atoms with van der Waals surface area (Å²) in [7, 11) is 4.60. The quantitative estimate of drug-likeness (QED) is 0.634. The van der Waals surface area contributed by atoms with Gasteiger partial charge in [-0.2, -0.15) is 0 Å². The summed E-state index contributed by atoms with van der Waals surface area (Å²) in [6, 6.07) is 3.59. The fourth-order valence-electron chi connectivity index (χ4n) is 4.69. The van der Waals surface area contributed by atoms with E-state index in [1.54, 1.807) is 20.1 Å². The van der Waals surface area contributed by atoms with Gasteiger partial charge in [0.05, 0.1) is 27.9 Å². The van der Waals surface area contributed by atoms with Crippen molar-refractivity contribution in [2.45, 2.75) is 46.5 Å². The molecule has 7 heteroatoms. The van der Waals surface area contributed by atoms with E-state index in [4.69, 9.17) is 23.9 Å². The molecule has 0 spiro atoms. The maximum atomic E-state index is 13.4. The molecular formula is C24H31NO6. The molecule has 0 N–H and O–H groups in total. The number of benzene rings is 1. The second-order valence-electron chi connectivity index (χ2n) is 8.69. The highest BCUT2D eigenvalue weighted by Crippen LogP contribution is 2.52. The third-order valence-electron chi connectivity index (χ3n) is 5.91. The van der Waals surface area contributed by atoms with E-state index in [0.29, 0.717) is 46.9 Å². The van der Waals surface area contributed by atoms with Crippen molar-refractivity contribution < 1.29 is 28.5 Å². The van der Waals surface area contributed by atoms with E-state index < -0.39 is 17.8 Å². The van der Waals surface area contributed by atoms with Gasteiger partial charge in [-0.25, -0.2) is 0 Å². The third-order valence-corrected chi connectivity index (χ3v) is 5.91. The number of rotatable bonds is 6. The van der Waals surface area contributed by atoms with Crippen LogP contribution < -0.4 is 14.2 Å². The van der Waals surface area contributed by atoms with Gasteiger partial charge < -0.3 is 18.9 Å². The fraction of sp³-hybridized carbons (Fsp3) is 0.542. The molecule has 0 bridgehead atoms. The Bertz CT molecular complexity index is 959. The Hall–Kier alpha value is -2.83. The van der Waals surface area contributed by atoms with Gasteiger partial charge in [-0.05, 0) is 31.7 Å². The summed E-state index contributed by atoms with van der Waals surface area (Å²) in [6.07, 6.45) is 1.05. The number of hydrogen-bond acceptors (Lipinski definition) is 7. The molecule has 1 aromatic rings. The summed E-state index contributed by atoms with van der Waals surface area (Å²) < 4.78 is 22.1. The predicted octanol–water partition coefficient (Wildman–Crippen LogP) is 4.09. The van der Waals surface area contributed by atoms with Crippen molar-refractivity contribution in [3.8, 4) is 17.2 Å². The molecule has 0 saturated carbocycles. The van der Waals surface area contributed by atoms with E-state index in [0.717, 1.165) is 5.70 Å². The van der Waals surface area contributed by atoms with Gasteiger partial charge in [-0.15, -0.1) is 0 Å². The van der Waals surface area contributed by atoms with Crippen molar-refractivity contribution in [3.05, 3.63) is 29.0 Å². The van der Waals surface area contributed by atoms with Gasteiger partial charge in [0.1, 0.15) is 5.92 Å². The Morgan fingerprint density at radius 1 is 1.10 bits per heavy atom. The Morgan fingerprint density at radius 2 is 1.77 bits per heavy atom. The largest absolute Gasteiger partial charge is 0.493 e. The van der Waals surface area contributed by atoms with Crippen molar-refractivity contribution in [1.82, 2.24) is 0 Å². The first kappa shape index (κ1) is 22.8. The smallest absolute Gasteiger partial charge is 0.315 e. The van der Waals surface area contributed by atoms with E-state index >= 15 is 0 Å². The molecule has 0 saturated heterocycles. The fourth-order valence-corrected chi connectivity index (χ4v) is 4.69. The maximum Gasteiger partial charge on any atom is 0.315 e. The van der Waals surface area contributed by atoms with Crippen molar-refractivity contribution in [2.24, 2.45) is 16.3 Å². The topological polar surface area (TPSA) is 83.4 Å². The molecule has 2 atom stereocenters. The molecular weight excluding hydrogens is 398 g/mol. The lowest BCUT2D eigenvalue weighted by Gasteiger charge is -2.39. The number of Topliss-reactive ketones (excluding diaryl/α,β-unsaturated/α-hetero) is 1. The number of ether oxygens (including phenoxy) is 4. The highest BCUT2D eigenvalue weighted by atomic mass is 16.5. The molecule has 0 amide bonds. The van der Waals surface area contributed by atoms with Crippen LogP contribution in [0.25, 0.3) is 0 Å². The van der Waals surface area contributed by atoms with Gasteiger partial charge in [0.25, 0.3) is 0 Å². The molecule has 1 aromatic carbocycles. The van der Waals surface area contributed by atoms with Crippen LogP contribution in [0, 0.1) is 11.3 Å². The first-order valence-corrected chi connectivity index (χ1v) is 10.5. The highest BCUT2D eigenvalue weighted by molar-refractivity contribution is 6.09. The summed E-state index contributed by atoms with van der Waals surface area (Å²) in [5.74, 6) is -0.368. The number of esters is 1. The van der Waals surface area contributed by atoms with Gasteiger partial charge in [-0.1, -0.05) is 19.9 Å². The molecule has 1 heterocycles. The molecule has 1 unspecified atom stereocenters. The van der Waals surface area contributed by atoms with Crippen LogP contribution in [0.2, 0.25) is 0 Å². The van der Waals surface area contributed by atoms with Gasteiger partial charge in [0.15, 0.2) is 17.3 Å². The Labute approximate surface area is 183 Å². The Kier molecular flexibility index (Phi) is 6.43. The van der Waals surface area contributed by atoms with E-state index in [9.17, 15) is 9.59 Å². The number of aliphatic imine (C=N–C) groups is 1. The average molecular weight is 430 g/mol. The standard InChI is InChI=1S/C24H31NO6/c1-8-31-23(27)18-13(2)25-15-11-24(3,4)12-16(26)20(15)19(18)14-9-10-17(28-5)22(30-7)21(14)29-6/h9-10,18-19H,8,11-12H2,1-7H3/t18?,19-/m0/s1. The number of allylic oxidation sites excluding steroid dienone is 2. The normalized spacial score (nSPS) is 22.4. The lowest BCUT2D eigenvalue weighted by molar-refractivity contribution is -0.146. The molecule has 1 aliphatic heterocycles. The first-order chi connectivity index (χ1) is 14.7. The van der Waals surface area contributed by atoms with Gasteiger partial charge >= 0.3 is 5.97 Å². The van der Waals surface area contributed by atoms with Crippen LogP contribution in [0.5, 0.6) is 17.2 Å². The monoisotopic (exact) mass is 429 g/mol. The van der Waals surface area contributed by atoms with E-state index in [1.807, 2.05) is 13.0 Å². The minimum Gasteiger partial charge on any atom is -0.493 e. The summed E-state index contributed by atoms with van der Waals surface area (Å²) in [6.45, 7) is 7.94. The van der Waals surface area contributed by atoms with Crippen LogP contribution in [0.3, 0.4) is 0 Å². The lowest BCUT2D eigenvalue weighted by atomic mass is 9.66. The number of carbonyl (C=O) groups is 2. The molecule has 0 fully saturated rings. The lowest BCUT2D eigenvalue weighted by Crippen LogP contribution is -2.39. The molecule has 31 heavy (non-hydrogen) atoms. The van der Waals surface area contributed by atoms with E-state index in [-0.39, 0.29) is 17.8 Å². The van der Waals surface area contributed by atoms with Crippen LogP contribution in [0.15, 0.2) is 28.4 Å². The Balaban J connectivity index is 2.29. The molecule has 2 aliphatic rings. The second kappa shape index (κ2) is 8.73. The summed E-state index contributed by atoms with van der Waals surface area (Å²) in [5.41, 5.74) is 2.41. The van der Waals surface area contributed by atoms with Crippen molar-refractivity contribution in [2.75, 3.05) is 27.9 Å². The van der Waals surface area contributed by atoms with Crippen molar-refractivity contribution in [1.29, 1.82) is 0 Å². The Morgan fingerprint density at radius 3 is 2.35 bits per heavy atom. The summed E-state index contributed by atoms with van der Waals surface area (Å²) in [4.78, 5) is 31.1. The molecule has 7 nitrogen and oxygen atoms in total. The predicted molar refractivity (Wildman–Crippen MR) is 117 cm³/mol. The maximum absolute atomic E-state index is 13.4. The number of ketones is 1. The molecule has 1 aliphatic carbocycles. The van der Waals surface area contributed by atoms with Gasteiger partial charge in [0.2, 0.25) is 5.75 Å². The first-order valence-electron chi connectivity index (χ1n) is 10.5. The van der Waals surface area contributed by atoms with E-state index in [2.05, 4.69) is 13.8 Å². The molecule has 0 aromatic heterocycles. The number of nitrogens with zero attached hydrogens (tertiary/aromatic N) is 1. The van der Waals surface area contributed by atoms with Crippen LogP contribution >= 0.6 is 0 Å². The molecule has 168 valence electrons. The van der Waals surface area contributed by atoms with E-state index in [1.165, 1.54) is 14.2 Å². The molecule has 0 radical (unpaired) electrons. The van der Waals surface area contributed by atoms with Crippen LogP contribution in [-0.4, -0.2) is 45.4 Å². The number of methoxy groups -OCH3 is 3. The van der Waals surface area contributed by atoms with Gasteiger partial charge in [-0.3, -0.25) is 14.6 Å². The average Bonchev–Trinajstić information content (AvgIpc) is 2.70. The third kappa shape index (κ3) is 4.05. The zero-order valence-corrected chi connectivity index (χ0v) is 19.3. The van der Waals surface area contributed by atoms with Crippen LogP contribution in [0.1, 0.15) is 52.0 Å². The number of carbonyl (C=O) groups excluding carboxylic acids is 2. The second-order valence-corrected chi connectivity index (χ2v) is 8.69. The highest BCUT2D eigenvalue weighted by Gasteiger charge is 2.47. The summed E-state index contributed by atoms with van der Waals surface area (Å²) in [5, 5.41) is 0. The zero-order chi connectivity index (χ0) is 22.9. The van der Waals surface area contributed by atoms with Crippen molar-refractivity contribution >= 4 is 17.5 Å². The molecule has 3 rings (SSSR count). The zero-order valence-electron chi connectivity index (χ0n) is 19.3. The summed E-state index contributed by atoms with van der Waals surface area (Å²) >= 11 is 0. The van der Waals surface area contributed by atoms with Gasteiger partial charge in [0, 0.05) is 34.9 Å². The SMILES string of the molecule is CCOC(=O)C1C(C)=NC2=C(C(=O)CC(C)(C)C2)[C@H]1c1ccc(OC)c(OC)c1OC. The van der Waals surface area contributed by atoms with Crippen LogP contribution in [-0.2, 0) is 14.3 Å². The van der Waals surface area contributed by atoms with Crippen LogP contribution in [0.4, 0.5) is 0 Å². The van der Waals surface area contributed by atoms with Crippen molar-refractivity contribution in [3.63, 3.8) is 0 Å². The minimum absolute atomic E-state index is 0.00126. The minimum atomic E-state index is -0.726.